The zero-order valence-corrected chi connectivity index (χ0v) is 12.5. The first-order chi connectivity index (χ1) is 9.40. The SMILES string of the molecule is COC[C@]1(C#N)[C@H](c2ccc(OC)cc2)[C@@H]1S(C)(=O)=O. The van der Waals surface area contributed by atoms with E-state index in [2.05, 4.69) is 6.07 Å². The maximum absolute atomic E-state index is 11.9. The summed E-state index contributed by atoms with van der Waals surface area (Å²) in [6, 6.07) is 9.29. The van der Waals surface area contributed by atoms with Crippen molar-refractivity contribution in [1.82, 2.24) is 0 Å². The topological polar surface area (TPSA) is 76.4 Å². The van der Waals surface area contributed by atoms with Crippen LogP contribution in [0.25, 0.3) is 0 Å². The summed E-state index contributed by atoms with van der Waals surface area (Å²) < 4.78 is 34.0. The van der Waals surface area contributed by atoms with Crippen LogP contribution in [-0.2, 0) is 14.6 Å². The molecule has 20 heavy (non-hydrogen) atoms. The predicted octanol–water partition coefficient (Wildman–Crippen LogP) is 1.36. The maximum atomic E-state index is 11.9. The van der Waals surface area contributed by atoms with Crippen molar-refractivity contribution in [2.45, 2.75) is 11.2 Å². The molecular formula is C14H17NO4S. The van der Waals surface area contributed by atoms with Crippen LogP contribution in [0.5, 0.6) is 5.75 Å². The van der Waals surface area contributed by atoms with Gasteiger partial charge < -0.3 is 9.47 Å². The second-order valence-corrected chi connectivity index (χ2v) is 7.25. The molecule has 0 amide bonds. The second kappa shape index (κ2) is 5.08. The highest BCUT2D eigenvalue weighted by Crippen LogP contribution is 2.62. The van der Waals surface area contributed by atoms with E-state index in [-0.39, 0.29) is 12.5 Å². The quantitative estimate of drug-likeness (QED) is 0.820. The largest absolute Gasteiger partial charge is 0.497 e. The Bertz CT molecular complexity index is 632. The van der Waals surface area contributed by atoms with E-state index in [0.29, 0.717) is 5.75 Å². The van der Waals surface area contributed by atoms with Crippen molar-refractivity contribution in [2.24, 2.45) is 5.41 Å². The number of hydrogen-bond donors (Lipinski definition) is 0. The molecule has 1 fully saturated rings. The van der Waals surface area contributed by atoms with Gasteiger partial charge in [0, 0.05) is 19.3 Å². The Morgan fingerprint density at radius 2 is 1.90 bits per heavy atom. The summed E-state index contributed by atoms with van der Waals surface area (Å²) in [4.78, 5) is 0. The van der Waals surface area contributed by atoms with Gasteiger partial charge in [-0.1, -0.05) is 12.1 Å². The van der Waals surface area contributed by atoms with E-state index in [1.807, 2.05) is 0 Å². The van der Waals surface area contributed by atoms with Crippen LogP contribution in [0.2, 0.25) is 0 Å². The van der Waals surface area contributed by atoms with Gasteiger partial charge in [0.1, 0.15) is 11.2 Å². The Balaban J connectivity index is 2.41. The first-order valence-electron chi connectivity index (χ1n) is 6.13. The number of nitrogens with zero attached hydrogens (tertiary/aromatic N) is 1. The van der Waals surface area contributed by atoms with E-state index < -0.39 is 20.5 Å². The summed E-state index contributed by atoms with van der Waals surface area (Å²) in [6.07, 6.45) is 1.17. The number of rotatable bonds is 5. The number of ether oxygens (including phenoxy) is 2. The predicted molar refractivity (Wildman–Crippen MR) is 74.3 cm³/mol. The molecule has 5 nitrogen and oxygen atoms in total. The molecular weight excluding hydrogens is 278 g/mol. The van der Waals surface area contributed by atoms with Crippen LogP contribution in [0.1, 0.15) is 11.5 Å². The van der Waals surface area contributed by atoms with Crippen molar-refractivity contribution in [3.05, 3.63) is 29.8 Å². The van der Waals surface area contributed by atoms with E-state index >= 15 is 0 Å². The van der Waals surface area contributed by atoms with E-state index in [4.69, 9.17) is 9.47 Å². The number of methoxy groups -OCH3 is 2. The number of hydrogen-bond acceptors (Lipinski definition) is 5. The van der Waals surface area contributed by atoms with Gasteiger partial charge in [-0.25, -0.2) is 8.42 Å². The lowest BCUT2D eigenvalue weighted by Gasteiger charge is -2.07. The van der Waals surface area contributed by atoms with Crippen molar-refractivity contribution in [3.63, 3.8) is 0 Å². The summed E-state index contributed by atoms with van der Waals surface area (Å²) in [5.41, 5.74) is -0.170. The minimum Gasteiger partial charge on any atom is -0.497 e. The molecule has 0 spiro atoms. The van der Waals surface area contributed by atoms with E-state index in [1.54, 1.807) is 31.4 Å². The highest BCUT2D eigenvalue weighted by molar-refractivity contribution is 7.91. The molecule has 0 heterocycles. The zero-order chi connectivity index (χ0) is 15.0. The molecule has 3 atom stereocenters. The average molecular weight is 295 g/mol. The van der Waals surface area contributed by atoms with Crippen molar-refractivity contribution in [1.29, 1.82) is 5.26 Å². The summed E-state index contributed by atoms with van der Waals surface area (Å²) >= 11 is 0. The summed E-state index contributed by atoms with van der Waals surface area (Å²) in [5.74, 6) is 0.341. The molecule has 108 valence electrons. The molecule has 1 saturated carbocycles. The first-order valence-corrected chi connectivity index (χ1v) is 8.09. The maximum Gasteiger partial charge on any atom is 0.152 e. The summed E-state index contributed by atoms with van der Waals surface area (Å²) in [6.45, 7) is 0.109. The molecule has 0 aliphatic heterocycles. The molecule has 0 bridgehead atoms. The standard InChI is InChI=1S/C14H17NO4S/c1-18-9-14(8-15)12(13(14)20(3,16)17)10-4-6-11(19-2)7-5-10/h4-7,12-13H,9H2,1-3H3/t12-,13+,14-/m1/s1. The molecule has 0 radical (unpaired) electrons. The fraction of sp³-hybridized carbons (Fsp3) is 0.500. The Kier molecular flexibility index (Phi) is 3.76. The molecule has 1 aliphatic carbocycles. The van der Waals surface area contributed by atoms with Gasteiger partial charge in [0.05, 0.1) is 25.0 Å². The normalized spacial score (nSPS) is 28.7. The number of sulfone groups is 1. The zero-order valence-electron chi connectivity index (χ0n) is 11.7. The van der Waals surface area contributed by atoms with Gasteiger partial charge in [0.25, 0.3) is 0 Å². The van der Waals surface area contributed by atoms with E-state index in [9.17, 15) is 13.7 Å². The van der Waals surface area contributed by atoms with Crippen LogP contribution in [0.15, 0.2) is 24.3 Å². The Hall–Kier alpha value is -1.58. The Morgan fingerprint density at radius 3 is 2.30 bits per heavy atom. The van der Waals surface area contributed by atoms with Crippen molar-refractivity contribution < 1.29 is 17.9 Å². The van der Waals surface area contributed by atoms with Crippen LogP contribution >= 0.6 is 0 Å². The lowest BCUT2D eigenvalue weighted by molar-refractivity contribution is 0.162. The monoisotopic (exact) mass is 295 g/mol. The molecule has 0 aromatic heterocycles. The molecule has 1 aromatic rings. The Morgan fingerprint density at radius 1 is 1.30 bits per heavy atom. The smallest absolute Gasteiger partial charge is 0.152 e. The van der Waals surface area contributed by atoms with Gasteiger partial charge >= 0.3 is 0 Å². The number of benzene rings is 1. The lowest BCUT2D eigenvalue weighted by Crippen LogP contribution is -2.17. The third kappa shape index (κ3) is 2.28. The minimum absolute atomic E-state index is 0.109. The Labute approximate surface area is 119 Å². The first kappa shape index (κ1) is 14.8. The molecule has 6 heteroatoms. The van der Waals surface area contributed by atoms with Crippen molar-refractivity contribution in [3.8, 4) is 11.8 Å². The van der Waals surface area contributed by atoms with Crippen LogP contribution in [0.4, 0.5) is 0 Å². The lowest BCUT2D eigenvalue weighted by atomic mass is 10.0. The van der Waals surface area contributed by atoms with Crippen LogP contribution in [0, 0.1) is 16.7 Å². The molecule has 0 N–H and O–H groups in total. The van der Waals surface area contributed by atoms with Gasteiger partial charge in [-0.05, 0) is 17.7 Å². The third-order valence-electron chi connectivity index (χ3n) is 3.78. The fourth-order valence-electron chi connectivity index (χ4n) is 2.89. The average Bonchev–Trinajstić information content (AvgIpc) is 3.09. The molecule has 2 rings (SSSR count). The highest BCUT2D eigenvalue weighted by atomic mass is 32.2. The van der Waals surface area contributed by atoms with Crippen molar-refractivity contribution in [2.75, 3.05) is 27.1 Å². The van der Waals surface area contributed by atoms with Gasteiger partial charge in [-0.15, -0.1) is 0 Å². The van der Waals surface area contributed by atoms with Gasteiger partial charge in [0.2, 0.25) is 0 Å². The van der Waals surface area contributed by atoms with Gasteiger partial charge in [0.15, 0.2) is 9.84 Å². The van der Waals surface area contributed by atoms with Gasteiger partial charge in [-0.2, -0.15) is 5.26 Å². The molecule has 1 aromatic carbocycles. The third-order valence-corrected chi connectivity index (χ3v) is 5.40. The molecule has 1 aliphatic rings. The fourth-order valence-corrected chi connectivity index (χ4v) is 4.74. The van der Waals surface area contributed by atoms with Crippen LogP contribution < -0.4 is 4.74 Å². The second-order valence-electron chi connectivity index (χ2n) is 5.09. The van der Waals surface area contributed by atoms with E-state index in [0.717, 1.165) is 5.56 Å². The van der Waals surface area contributed by atoms with Gasteiger partial charge in [-0.3, -0.25) is 0 Å². The highest BCUT2D eigenvalue weighted by Gasteiger charge is 2.71. The minimum atomic E-state index is -3.32. The summed E-state index contributed by atoms with van der Waals surface area (Å²) in [7, 11) is -0.279. The molecule has 0 saturated heterocycles. The van der Waals surface area contributed by atoms with E-state index in [1.165, 1.54) is 13.4 Å². The van der Waals surface area contributed by atoms with Crippen LogP contribution in [0.3, 0.4) is 0 Å². The van der Waals surface area contributed by atoms with Crippen LogP contribution in [-0.4, -0.2) is 40.7 Å². The number of nitriles is 1. The van der Waals surface area contributed by atoms with Crippen molar-refractivity contribution >= 4 is 9.84 Å². The summed E-state index contributed by atoms with van der Waals surface area (Å²) in [5, 5.41) is 8.72. The molecule has 0 unspecified atom stereocenters.